The number of carbonyl (C=O) groups excluding carboxylic acids is 10. The van der Waals surface area contributed by atoms with Crippen LogP contribution in [0.3, 0.4) is 0 Å². The number of aliphatic carboxylic acids is 1. The number of hydrogen-bond donors (Lipinski definition) is 11. The second-order valence-corrected chi connectivity index (χ2v) is 32.5. The molecule has 8 aromatic carbocycles. The highest BCUT2D eigenvalue weighted by atomic mass is 32.2. The highest BCUT2D eigenvalue weighted by Crippen LogP contribution is 2.49. The fourth-order valence-corrected chi connectivity index (χ4v) is 16.6. The standard InChI is InChI=1S/C90H104N10O14S2/c1-56(2)49-73(86(110)111)95-82(106)75(54-116-90(64-39-23-14-24-40-64,65-41-25-15-26-42-65)66-43-27-16-28-44-66)94-77(103)51-91-84(108)79(59(6)114-88(8,9)10)99-83(107)74(53-115-55-92-60(7)101)96-80(104)58(5)93-85(109)78(57(3)4)98-81(105)72(97-87(112)113-52-71-69-47-31-29-45-67(69)68-46-30-32-48-70(68)71)50-76(102)100-89(61-33-17-11-18-34-61,62-35-19-12-20-36-62)63-37-21-13-22-38-63/h11-48,56-59,71-75,78-79H,49-55H2,1-10H3,(H,91,108)(H,92,101)(H,93,109)(H,94,103)(H,95,106)(H,96,104)(H,97,112)(H,98,105)(H,99,107)(H,100,102)(H,110,111)/t58-,59+,72-,73-,74-,75-,78-,79-/m0/s1. The molecular formula is C90H104N10O14S2. The lowest BCUT2D eigenvalue weighted by molar-refractivity contribution is -0.142. The number of carbonyl (C=O) groups is 11. The Hall–Kier alpha value is -11.6. The van der Waals surface area contributed by atoms with E-state index < -0.39 is 142 Å². The van der Waals surface area contributed by atoms with Gasteiger partial charge in [-0.15, -0.1) is 23.5 Å². The first-order chi connectivity index (χ1) is 55.5. The number of carboxylic acid groups (broad SMARTS) is 1. The van der Waals surface area contributed by atoms with Crippen LogP contribution in [0.15, 0.2) is 231 Å². The lowest BCUT2D eigenvalue weighted by Gasteiger charge is -2.37. The number of amides is 10. The molecule has 0 fully saturated rings. The van der Waals surface area contributed by atoms with Gasteiger partial charge in [-0.3, -0.25) is 43.2 Å². The smallest absolute Gasteiger partial charge is 0.407 e. The number of fused-ring (bicyclic) bond motifs is 3. The van der Waals surface area contributed by atoms with Crippen LogP contribution in [0.2, 0.25) is 0 Å². The van der Waals surface area contributed by atoms with Crippen LogP contribution in [0.5, 0.6) is 0 Å². The Bertz CT molecular complexity index is 4440. The van der Waals surface area contributed by atoms with Gasteiger partial charge in [-0.1, -0.05) is 258 Å². The van der Waals surface area contributed by atoms with Crippen LogP contribution in [0, 0.1) is 11.8 Å². The molecule has 26 heteroatoms. The monoisotopic (exact) mass is 1610 g/mol. The van der Waals surface area contributed by atoms with Gasteiger partial charge in [0, 0.05) is 24.3 Å². The summed E-state index contributed by atoms with van der Waals surface area (Å²) in [6, 6.07) is 61.9. The second kappa shape index (κ2) is 41.6. The Morgan fingerprint density at radius 2 is 0.871 bits per heavy atom. The molecule has 0 bridgehead atoms. The number of rotatable bonds is 39. The molecule has 116 heavy (non-hydrogen) atoms. The Morgan fingerprint density at radius 1 is 0.440 bits per heavy atom. The molecule has 11 N–H and O–H groups in total. The van der Waals surface area contributed by atoms with Crippen molar-refractivity contribution in [3.63, 3.8) is 0 Å². The number of ether oxygens (including phenoxy) is 2. The maximum Gasteiger partial charge on any atom is 0.407 e. The van der Waals surface area contributed by atoms with Gasteiger partial charge in [-0.05, 0) is 109 Å². The quantitative estimate of drug-likeness (QED) is 0.00969. The van der Waals surface area contributed by atoms with E-state index in [1.165, 1.54) is 32.5 Å². The van der Waals surface area contributed by atoms with E-state index in [9.17, 15) is 48.3 Å². The summed E-state index contributed by atoms with van der Waals surface area (Å²) in [5.74, 6) is -10.1. The Kier molecular flexibility index (Phi) is 31.7. The van der Waals surface area contributed by atoms with Crippen molar-refractivity contribution in [1.29, 1.82) is 0 Å². The first kappa shape index (κ1) is 88.3. The van der Waals surface area contributed by atoms with Gasteiger partial charge < -0.3 is 67.7 Å². The Morgan fingerprint density at radius 3 is 1.33 bits per heavy atom. The largest absolute Gasteiger partial charge is 0.480 e. The summed E-state index contributed by atoms with van der Waals surface area (Å²) in [6.45, 7) is 15.3. The van der Waals surface area contributed by atoms with Crippen molar-refractivity contribution in [1.82, 2.24) is 53.2 Å². The number of alkyl carbamates (subject to hydrolysis) is 1. The third-order valence-corrected chi connectivity index (χ3v) is 22.2. The van der Waals surface area contributed by atoms with Crippen LogP contribution < -0.4 is 53.2 Å². The van der Waals surface area contributed by atoms with Gasteiger partial charge in [0.1, 0.15) is 54.4 Å². The average molecular weight is 1610 g/mol. The van der Waals surface area contributed by atoms with E-state index in [0.29, 0.717) is 16.7 Å². The Labute approximate surface area is 686 Å². The number of carboxylic acids is 1. The van der Waals surface area contributed by atoms with E-state index in [1.54, 1.807) is 34.6 Å². The number of thioether (sulfide) groups is 2. The molecule has 0 heterocycles. The fourth-order valence-electron chi connectivity index (χ4n) is 14.1. The van der Waals surface area contributed by atoms with Crippen molar-refractivity contribution in [3.8, 4) is 11.1 Å². The molecule has 8 atom stereocenters. The van der Waals surface area contributed by atoms with E-state index in [0.717, 1.165) is 50.7 Å². The molecule has 0 aliphatic heterocycles. The Balaban J connectivity index is 0.925. The van der Waals surface area contributed by atoms with Crippen molar-refractivity contribution >= 4 is 88.8 Å². The highest BCUT2D eigenvalue weighted by Gasteiger charge is 2.43. The fraction of sp³-hybridized carbons (Fsp3) is 0.344. The molecule has 610 valence electrons. The molecule has 0 spiro atoms. The molecule has 1 aliphatic rings. The molecule has 0 radical (unpaired) electrons. The topological polar surface area (TPSA) is 347 Å². The summed E-state index contributed by atoms with van der Waals surface area (Å²) in [6.07, 6.45) is -2.75. The van der Waals surface area contributed by atoms with Gasteiger partial charge in [-0.2, -0.15) is 0 Å². The van der Waals surface area contributed by atoms with Crippen LogP contribution in [0.4, 0.5) is 4.79 Å². The average Bonchev–Trinajstić information content (AvgIpc) is 0.886. The minimum absolute atomic E-state index is 0.0235. The van der Waals surface area contributed by atoms with E-state index >= 15 is 9.59 Å². The third-order valence-electron chi connectivity index (χ3n) is 19.6. The zero-order valence-corrected chi connectivity index (χ0v) is 68.4. The van der Waals surface area contributed by atoms with Crippen molar-refractivity contribution in [3.05, 3.63) is 275 Å². The van der Waals surface area contributed by atoms with E-state index in [1.807, 2.05) is 244 Å². The van der Waals surface area contributed by atoms with Crippen LogP contribution in [0.1, 0.15) is 133 Å². The number of hydrogen-bond acceptors (Lipinski definition) is 15. The zero-order chi connectivity index (χ0) is 83.7. The predicted octanol–water partition coefficient (Wildman–Crippen LogP) is 9.98. The lowest BCUT2D eigenvalue weighted by atomic mass is 9.77. The van der Waals surface area contributed by atoms with Gasteiger partial charge >= 0.3 is 12.1 Å². The number of benzene rings is 8. The van der Waals surface area contributed by atoms with Gasteiger partial charge in [0.25, 0.3) is 0 Å². The second-order valence-electron chi connectivity index (χ2n) is 30.3. The van der Waals surface area contributed by atoms with Gasteiger partial charge in [0.15, 0.2) is 0 Å². The predicted molar refractivity (Wildman–Crippen MR) is 449 cm³/mol. The number of nitrogens with one attached hydrogen (secondary N) is 10. The van der Waals surface area contributed by atoms with Crippen LogP contribution in [0.25, 0.3) is 11.1 Å². The minimum atomic E-state index is -1.68. The summed E-state index contributed by atoms with van der Waals surface area (Å²) < 4.78 is 11.2. The normalized spacial score (nSPS) is 14.0. The maximum absolute atomic E-state index is 15.1. The molecule has 0 aromatic heterocycles. The molecule has 8 aromatic rings. The van der Waals surface area contributed by atoms with Crippen LogP contribution in [-0.2, 0) is 67.7 Å². The van der Waals surface area contributed by atoms with Crippen LogP contribution >= 0.6 is 23.5 Å². The summed E-state index contributed by atoms with van der Waals surface area (Å²) in [5, 5.41) is 37.6. The first-order valence-corrected chi connectivity index (χ1v) is 40.8. The van der Waals surface area contributed by atoms with Crippen molar-refractivity contribution in [2.24, 2.45) is 11.8 Å². The maximum atomic E-state index is 15.1. The summed E-state index contributed by atoms with van der Waals surface area (Å²) >= 11 is 2.38. The van der Waals surface area contributed by atoms with E-state index in [4.69, 9.17) is 9.47 Å². The van der Waals surface area contributed by atoms with Crippen LogP contribution in [-0.4, -0.2) is 155 Å². The van der Waals surface area contributed by atoms with Crippen molar-refractivity contribution in [2.75, 3.05) is 30.5 Å². The van der Waals surface area contributed by atoms with Crippen molar-refractivity contribution < 1.29 is 67.3 Å². The molecule has 0 unspecified atom stereocenters. The van der Waals surface area contributed by atoms with E-state index in [2.05, 4.69) is 53.2 Å². The molecule has 1 aliphatic carbocycles. The third kappa shape index (κ3) is 23.6. The lowest BCUT2D eigenvalue weighted by Crippen LogP contribution is -2.61. The van der Waals surface area contributed by atoms with E-state index in [-0.39, 0.29) is 48.2 Å². The highest BCUT2D eigenvalue weighted by molar-refractivity contribution is 8.00. The van der Waals surface area contributed by atoms with Gasteiger partial charge in [0.2, 0.25) is 53.2 Å². The molecule has 10 amide bonds. The summed E-state index contributed by atoms with van der Waals surface area (Å²) in [7, 11) is 0. The zero-order valence-electron chi connectivity index (χ0n) is 66.8. The molecule has 0 saturated carbocycles. The first-order valence-electron chi connectivity index (χ1n) is 38.7. The van der Waals surface area contributed by atoms with Gasteiger partial charge in [-0.25, -0.2) is 9.59 Å². The summed E-state index contributed by atoms with van der Waals surface area (Å²) in [5.41, 5.74) is 6.17. The molecular weight excluding hydrogens is 1510 g/mol. The minimum Gasteiger partial charge on any atom is -0.480 e. The van der Waals surface area contributed by atoms with Gasteiger partial charge in [0.05, 0.1) is 35.3 Å². The summed E-state index contributed by atoms with van der Waals surface area (Å²) in [4.78, 5) is 157. The van der Waals surface area contributed by atoms with Crippen molar-refractivity contribution in [2.45, 2.75) is 152 Å². The SMILES string of the molecule is CC(=O)NCSC[C@H](NC(=O)[C@H](C)NC(=O)[C@@H](NC(=O)[C@H](CC(=O)NC(c1ccccc1)(c1ccccc1)c1ccccc1)NC(=O)OCC1c2ccccc2-c2ccccc21)C(C)C)C(=O)N[C@H](C(=O)NCC(=O)N[C@@H](CSC(c1ccccc1)(c1ccccc1)c1ccccc1)C(=O)N[C@@H](CC(C)C)C(=O)O)[C@@H](C)OC(C)(C)C. The molecule has 0 saturated heterocycles. The molecule has 9 rings (SSSR count). The molecule has 24 nitrogen and oxygen atoms in total.